The summed E-state index contributed by atoms with van der Waals surface area (Å²) in [4.78, 5) is 19.9. The molecule has 0 saturated heterocycles. The van der Waals surface area contributed by atoms with Crippen LogP contribution in [-0.4, -0.2) is 37.6 Å². The molecule has 0 fully saturated rings. The third kappa shape index (κ3) is 4.37. The zero-order valence-electron chi connectivity index (χ0n) is 16.1. The molecule has 0 aliphatic carbocycles. The zero-order valence-corrected chi connectivity index (χ0v) is 16.1. The van der Waals surface area contributed by atoms with E-state index in [0.29, 0.717) is 29.9 Å². The maximum atomic E-state index is 12.8. The lowest BCUT2D eigenvalue weighted by molar-refractivity contribution is -0.144. The summed E-state index contributed by atoms with van der Waals surface area (Å²) in [6, 6.07) is 0. The molecule has 0 bridgehead atoms. The smallest absolute Gasteiger partial charge is 0.349 e. The van der Waals surface area contributed by atoms with Crippen molar-refractivity contribution >= 4 is 11.7 Å². The van der Waals surface area contributed by atoms with Gasteiger partial charge in [0.1, 0.15) is 0 Å². The fraction of sp³-hybridized carbons (Fsp3) is 0.647. The molecule has 0 radical (unpaired) electrons. The highest BCUT2D eigenvalue weighted by Gasteiger charge is 2.37. The third-order valence-corrected chi connectivity index (χ3v) is 5.03. The Labute approximate surface area is 155 Å². The Bertz CT molecular complexity index is 845. The first-order valence-corrected chi connectivity index (χ1v) is 8.70. The van der Waals surface area contributed by atoms with Crippen LogP contribution in [0.25, 0.3) is 5.78 Å². The van der Waals surface area contributed by atoms with Gasteiger partial charge < -0.3 is 11.1 Å². The van der Waals surface area contributed by atoms with Crippen LogP contribution in [0.15, 0.2) is 0 Å². The first-order valence-electron chi connectivity index (χ1n) is 8.70. The van der Waals surface area contributed by atoms with E-state index in [9.17, 15) is 18.0 Å². The van der Waals surface area contributed by atoms with Gasteiger partial charge in [0.05, 0.1) is 5.54 Å². The van der Waals surface area contributed by atoms with E-state index in [2.05, 4.69) is 20.4 Å². The number of carbonyl (C=O) groups excluding carboxylic acids is 1. The summed E-state index contributed by atoms with van der Waals surface area (Å²) in [5.41, 5.74) is 6.95. The molecule has 7 nitrogen and oxygen atoms in total. The van der Waals surface area contributed by atoms with E-state index in [1.54, 1.807) is 13.8 Å². The number of hydrogen-bond acceptors (Lipinski definition) is 5. The quantitative estimate of drug-likeness (QED) is 0.793. The van der Waals surface area contributed by atoms with E-state index in [4.69, 9.17) is 5.73 Å². The number of aryl methyl sites for hydroxylation is 2. The number of fused-ring (bicyclic) bond motifs is 1. The molecule has 2 heterocycles. The van der Waals surface area contributed by atoms with Gasteiger partial charge in [0.25, 0.3) is 11.6 Å². The average molecular weight is 386 g/mol. The number of alkyl halides is 3. The molecule has 0 saturated carbocycles. The van der Waals surface area contributed by atoms with Crippen molar-refractivity contribution in [2.75, 3.05) is 6.54 Å². The standard InChI is InChI=1S/C17H25F3N6O/c1-9(2)16(5,8-21)24-13(27)7-6-12-10(3)22-15-23-14(17(18,19)20)25-26(15)11(12)4/h9H,6-8,21H2,1-5H3,(H,24,27). The van der Waals surface area contributed by atoms with Crippen molar-refractivity contribution in [3.05, 3.63) is 22.8 Å². The van der Waals surface area contributed by atoms with Crippen molar-refractivity contribution in [1.29, 1.82) is 0 Å². The Kier molecular flexibility index (Phi) is 5.79. The van der Waals surface area contributed by atoms with Crippen molar-refractivity contribution in [1.82, 2.24) is 24.9 Å². The van der Waals surface area contributed by atoms with Crippen molar-refractivity contribution in [3.8, 4) is 0 Å². The number of nitrogens with one attached hydrogen (secondary N) is 1. The van der Waals surface area contributed by atoms with Crippen molar-refractivity contribution in [2.24, 2.45) is 11.7 Å². The second-order valence-electron chi connectivity index (χ2n) is 7.23. The van der Waals surface area contributed by atoms with Gasteiger partial charge in [0.15, 0.2) is 0 Å². The molecule has 0 aromatic carbocycles. The largest absolute Gasteiger partial charge is 0.453 e. The number of amides is 1. The highest BCUT2D eigenvalue weighted by Crippen LogP contribution is 2.27. The Morgan fingerprint density at radius 1 is 1.26 bits per heavy atom. The van der Waals surface area contributed by atoms with Gasteiger partial charge in [-0.3, -0.25) is 4.79 Å². The van der Waals surface area contributed by atoms with Gasteiger partial charge in [0.2, 0.25) is 5.91 Å². The Morgan fingerprint density at radius 2 is 1.89 bits per heavy atom. The third-order valence-electron chi connectivity index (χ3n) is 5.03. The summed E-state index contributed by atoms with van der Waals surface area (Å²) in [5, 5.41) is 6.45. The molecular weight excluding hydrogens is 361 g/mol. The molecule has 2 aromatic rings. The molecule has 150 valence electrons. The van der Waals surface area contributed by atoms with Crippen LogP contribution in [0.4, 0.5) is 13.2 Å². The topological polar surface area (TPSA) is 98.2 Å². The van der Waals surface area contributed by atoms with E-state index in [-0.39, 0.29) is 24.0 Å². The number of rotatable bonds is 6. The number of aromatic nitrogens is 4. The predicted molar refractivity (Wildman–Crippen MR) is 94.0 cm³/mol. The maximum absolute atomic E-state index is 12.8. The van der Waals surface area contributed by atoms with Gasteiger partial charge in [-0.1, -0.05) is 13.8 Å². The lowest BCUT2D eigenvalue weighted by atomic mass is 9.88. The highest BCUT2D eigenvalue weighted by molar-refractivity contribution is 5.77. The number of halogens is 3. The fourth-order valence-electron chi connectivity index (χ4n) is 2.74. The van der Waals surface area contributed by atoms with E-state index in [0.717, 1.165) is 4.52 Å². The second-order valence-corrected chi connectivity index (χ2v) is 7.23. The van der Waals surface area contributed by atoms with Crippen molar-refractivity contribution < 1.29 is 18.0 Å². The zero-order chi connectivity index (χ0) is 20.6. The number of nitrogens with two attached hydrogens (primary N) is 1. The molecule has 1 unspecified atom stereocenters. The van der Waals surface area contributed by atoms with Crippen LogP contribution in [0.2, 0.25) is 0 Å². The number of hydrogen-bond donors (Lipinski definition) is 2. The first-order chi connectivity index (χ1) is 12.4. The van der Waals surface area contributed by atoms with Crippen LogP contribution < -0.4 is 11.1 Å². The molecule has 2 rings (SSSR count). The van der Waals surface area contributed by atoms with Crippen molar-refractivity contribution in [3.63, 3.8) is 0 Å². The van der Waals surface area contributed by atoms with E-state index < -0.39 is 17.5 Å². The number of nitrogens with zero attached hydrogens (tertiary/aromatic N) is 4. The molecule has 1 amide bonds. The molecule has 3 N–H and O–H groups in total. The minimum Gasteiger partial charge on any atom is -0.349 e. The van der Waals surface area contributed by atoms with Crippen LogP contribution in [0.1, 0.15) is 50.0 Å². The molecule has 0 aliphatic rings. The van der Waals surface area contributed by atoms with E-state index in [1.807, 2.05) is 20.8 Å². The highest BCUT2D eigenvalue weighted by atomic mass is 19.4. The number of carbonyl (C=O) groups is 1. The summed E-state index contributed by atoms with van der Waals surface area (Å²) >= 11 is 0. The average Bonchev–Trinajstić information content (AvgIpc) is 2.98. The van der Waals surface area contributed by atoms with E-state index in [1.165, 1.54) is 0 Å². The van der Waals surface area contributed by atoms with Crippen LogP contribution in [0, 0.1) is 19.8 Å². The minimum absolute atomic E-state index is 0.110. The summed E-state index contributed by atoms with van der Waals surface area (Å²) < 4.78 is 39.6. The molecule has 0 aliphatic heterocycles. The predicted octanol–water partition coefficient (Wildman–Crippen LogP) is 2.18. The van der Waals surface area contributed by atoms with Crippen LogP contribution in [-0.2, 0) is 17.4 Å². The SMILES string of the molecule is Cc1nc2nc(C(F)(F)F)nn2c(C)c1CCC(=O)NC(C)(CN)C(C)C. The van der Waals surface area contributed by atoms with Crippen molar-refractivity contribution in [2.45, 2.75) is 59.2 Å². The van der Waals surface area contributed by atoms with Crippen LogP contribution in [0.3, 0.4) is 0 Å². The Balaban J connectivity index is 2.23. The van der Waals surface area contributed by atoms with Gasteiger partial charge in [-0.2, -0.15) is 18.2 Å². The van der Waals surface area contributed by atoms with E-state index >= 15 is 0 Å². The lowest BCUT2D eigenvalue weighted by Crippen LogP contribution is -2.55. The summed E-state index contributed by atoms with van der Waals surface area (Å²) in [6.45, 7) is 9.46. The van der Waals surface area contributed by atoms with Gasteiger partial charge in [-0.25, -0.2) is 9.50 Å². The second kappa shape index (κ2) is 7.41. The van der Waals surface area contributed by atoms with Gasteiger partial charge in [0, 0.05) is 24.4 Å². The Hall–Kier alpha value is -2.23. The Morgan fingerprint density at radius 3 is 2.41 bits per heavy atom. The monoisotopic (exact) mass is 386 g/mol. The molecule has 10 heteroatoms. The molecule has 27 heavy (non-hydrogen) atoms. The van der Waals surface area contributed by atoms with Crippen LogP contribution >= 0.6 is 0 Å². The summed E-state index contributed by atoms with van der Waals surface area (Å²) in [6.07, 6.45) is -4.15. The first kappa shape index (κ1) is 21.1. The maximum Gasteiger partial charge on any atom is 0.453 e. The fourth-order valence-corrected chi connectivity index (χ4v) is 2.74. The van der Waals surface area contributed by atoms with Gasteiger partial charge in [-0.05, 0) is 38.7 Å². The van der Waals surface area contributed by atoms with Gasteiger partial charge >= 0.3 is 6.18 Å². The lowest BCUT2D eigenvalue weighted by Gasteiger charge is -2.33. The molecule has 1 atom stereocenters. The minimum atomic E-state index is -4.64. The molecule has 0 spiro atoms. The van der Waals surface area contributed by atoms with Crippen LogP contribution in [0.5, 0.6) is 0 Å². The molecular formula is C17H25F3N6O. The normalized spacial score (nSPS) is 14.6. The summed E-state index contributed by atoms with van der Waals surface area (Å²) in [5.74, 6) is -1.36. The molecule has 2 aromatic heterocycles. The van der Waals surface area contributed by atoms with Gasteiger partial charge in [-0.15, -0.1) is 5.10 Å². The summed E-state index contributed by atoms with van der Waals surface area (Å²) in [7, 11) is 0.